The molecule has 3 heterocycles. The normalized spacial score (nSPS) is 14.6. The van der Waals surface area contributed by atoms with Crippen molar-refractivity contribution in [2.24, 2.45) is 4.99 Å². The summed E-state index contributed by atoms with van der Waals surface area (Å²) in [6.45, 7) is 2.06. The number of rotatable bonds is 8. The lowest BCUT2D eigenvalue weighted by atomic mass is 10.0. The van der Waals surface area contributed by atoms with Gasteiger partial charge in [-0.3, -0.25) is 14.2 Å². The molecule has 3 aromatic carbocycles. The summed E-state index contributed by atoms with van der Waals surface area (Å²) in [6, 6.07) is 24.5. The number of carbonyl (C=O) groups excluding carboxylic acids is 1. The lowest BCUT2D eigenvalue weighted by molar-refractivity contribution is -0.113. The first-order valence-corrected chi connectivity index (χ1v) is 15.9. The van der Waals surface area contributed by atoms with Gasteiger partial charge in [0.25, 0.3) is 11.5 Å². The second kappa shape index (κ2) is 12.6. The summed E-state index contributed by atoms with van der Waals surface area (Å²) in [5.41, 5.74) is 3.25. The maximum Gasteiger partial charge on any atom is 0.335 e. The van der Waals surface area contributed by atoms with E-state index in [1.807, 2.05) is 66.0 Å². The van der Waals surface area contributed by atoms with Gasteiger partial charge in [-0.25, -0.2) is 9.79 Å². The summed E-state index contributed by atoms with van der Waals surface area (Å²) < 4.78 is 8.73. The fourth-order valence-corrected chi connectivity index (χ4v) is 7.21. The Morgan fingerprint density at radius 2 is 1.84 bits per heavy atom. The zero-order valence-corrected chi connectivity index (χ0v) is 26.4. The number of carboxylic acids is 1. The fourth-order valence-electron chi connectivity index (χ4n) is 4.83. The molecule has 0 radical (unpaired) electrons. The van der Waals surface area contributed by atoms with Crippen molar-refractivity contribution in [1.82, 2.24) is 4.57 Å². The molecule has 0 aliphatic carbocycles. The number of aromatic carboxylic acids is 1. The fraction of sp³-hybridized carbons (Fsp3) is 0.0909. The van der Waals surface area contributed by atoms with Crippen LogP contribution in [0.2, 0.25) is 0 Å². The van der Waals surface area contributed by atoms with Crippen molar-refractivity contribution < 1.29 is 19.4 Å². The average Bonchev–Trinajstić information content (AvgIpc) is 3.65. The van der Waals surface area contributed by atoms with Gasteiger partial charge in [-0.15, -0.1) is 11.3 Å². The molecule has 5 aromatic rings. The van der Waals surface area contributed by atoms with E-state index in [1.165, 1.54) is 34.8 Å². The number of carbonyl (C=O) groups is 2. The minimum Gasteiger partial charge on any atom is -0.488 e. The minimum absolute atomic E-state index is 0.216. The molecule has 0 fully saturated rings. The second-order valence-corrected chi connectivity index (χ2v) is 12.7. The Bertz CT molecular complexity index is 2080. The first-order valence-electron chi connectivity index (χ1n) is 13.5. The number of para-hydroxylation sites is 1. The number of allylic oxidation sites excluding steroid dienone is 1. The molecule has 0 unspecified atom stereocenters. The van der Waals surface area contributed by atoms with Crippen molar-refractivity contribution >= 4 is 62.2 Å². The van der Waals surface area contributed by atoms with Crippen LogP contribution in [0.4, 0.5) is 5.69 Å². The molecule has 11 heteroatoms. The van der Waals surface area contributed by atoms with Crippen LogP contribution in [-0.2, 0) is 11.4 Å². The van der Waals surface area contributed by atoms with Crippen molar-refractivity contribution in [3.63, 3.8) is 0 Å². The van der Waals surface area contributed by atoms with Crippen LogP contribution >= 0.6 is 38.6 Å². The monoisotopic (exact) mass is 685 g/mol. The Labute approximate surface area is 268 Å². The minimum atomic E-state index is -0.977. The largest absolute Gasteiger partial charge is 0.488 e. The average molecular weight is 687 g/mol. The summed E-state index contributed by atoms with van der Waals surface area (Å²) in [6.07, 6.45) is 1.80. The number of benzene rings is 3. The van der Waals surface area contributed by atoms with E-state index in [9.17, 15) is 14.4 Å². The van der Waals surface area contributed by atoms with Crippen LogP contribution in [-0.4, -0.2) is 21.6 Å². The van der Waals surface area contributed by atoms with Crippen molar-refractivity contribution in [1.29, 1.82) is 0 Å². The molecule has 1 amide bonds. The highest BCUT2D eigenvalue weighted by Crippen LogP contribution is 2.33. The maximum atomic E-state index is 13.9. The van der Waals surface area contributed by atoms with E-state index in [0.29, 0.717) is 36.5 Å². The molecular weight excluding hydrogens is 662 g/mol. The van der Waals surface area contributed by atoms with E-state index in [0.717, 1.165) is 16.0 Å². The number of amides is 1. The van der Waals surface area contributed by atoms with Crippen LogP contribution in [0.3, 0.4) is 0 Å². The molecule has 0 bridgehead atoms. The third-order valence-corrected chi connectivity index (χ3v) is 9.49. The lowest BCUT2D eigenvalue weighted by Crippen LogP contribution is -2.40. The first kappa shape index (κ1) is 29.5. The summed E-state index contributed by atoms with van der Waals surface area (Å²) in [7, 11) is 0. The molecule has 1 aliphatic rings. The van der Waals surface area contributed by atoms with E-state index in [-0.39, 0.29) is 23.6 Å². The molecule has 1 atom stereocenters. The van der Waals surface area contributed by atoms with E-state index in [4.69, 9.17) is 14.8 Å². The molecular formula is C33H24BrN3O5S2. The highest BCUT2D eigenvalue weighted by Gasteiger charge is 2.33. The summed E-state index contributed by atoms with van der Waals surface area (Å²) in [5, 5.41) is 14.0. The quantitative estimate of drug-likeness (QED) is 0.209. The molecule has 2 N–H and O–H groups in total. The van der Waals surface area contributed by atoms with Crippen LogP contribution in [0.5, 0.6) is 5.75 Å². The number of anilines is 1. The van der Waals surface area contributed by atoms with Crippen molar-refractivity contribution in [3.8, 4) is 5.75 Å². The Balaban J connectivity index is 1.30. The van der Waals surface area contributed by atoms with Gasteiger partial charge in [-0.2, -0.15) is 0 Å². The number of thiazole rings is 1. The molecule has 44 heavy (non-hydrogen) atoms. The van der Waals surface area contributed by atoms with Gasteiger partial charge in [0.15, 0.2) is 4.80 Å². The van der Waals surface area contributed by atoms with Gasteiger partial charge < -0.3 is 15.2 Å². The molecule has 1 aliphatic heterocycles. The topological polar surface area (TPSA) is 110 Å². The number of nitrogens with one attached hydrogen (secondary N) is 1. The third-order valence-electron chi connectivity index (χ3n) is 6.96. The van der Waals surface area contributed by atoms with E-state index >= 15 is 0 Å². The number of fused-ring (bicyclic) bond motifs is 1. The third kappa shape index (κ3) is 6.07. The van der Waals surface area contributed by atoms with E-state index < -0.39 is 12.0 Å². The van der Waals surface area contributed by atoms with Gasteiger partial charge in [-0.05, 0) is 87.9 Å². The van der Waals surface area contributed by atoms with E-state index in [2.05, 4.69) is 21.2 Å². The van der Waals surface area contributed by atoms with Gasteiger partial charge in [0.2, 0.25) is 0 Å². The van der Waals surface area contributed by atoms with Crippen molar-refractivity contribution in [2.75, 3.05) is 5.32 Å². The van der Waals surface area contributed by atoms with Crippen LogP contribution in [0, 0.1) is 0 Å². The number of halogens is 1. The van der Waals surface area contributed by atoms with Gasteiger partial charge in [0.1, 0.15) is 18.4 Å². The highest BCUT2D eigenvalue weighted by molar-refractivity contribution is 9.10. The molecule has 6 rings (SSSR count). The zero-order chi connectivity index (χ0) is 30.8. The van der Waals surface area contributed by atoms with Crippen LogP contribution in [0.1, 0.15) is 39.3 Å². The van der Waals surface area contributed by atoms with Crippen molar-refractivity contribution in [3.05, 3.63) is 147 Å². The maximum absolute atomic E-state index is 13.9. The highest BCUT2D eigenvalue weighted by atomic mass is 79.9. The Morgan fingerprint density at radius 1 is 1.07 bits per heavy atom. The number of aromatic nitrogens is 1. The summed E-state index contributed by atoms with van der Waals surface area (Å²) in [4.78, 5) is 44.6. The number of ether oxygens (including phenoxy) is 1. The lowest BCUT2D eigenvalue weighted by Gasteiger charge is -2.24. The zero-order valence-electron chi connectivity index (χ0n) is 23.2. The number of hydrogen-bond acceptors (Lipinski definition) is 7. The number of carboxylic acid groups (broad SMARTS) is 1. The van der Waals surface area contributed by atoms with Gasteiger partial charge in [0, 0.05) is 10.6 Å². The molecule has 0 spiro atoms. The summed E-state index contributed by atoms with van der Waals surface area (Å²) >= 11 is 6.33. The Kier molecular flexibility index (Phi) is 8.42. The van der Waals surface area contributed by atoms with Gasteiger partial charge >= 0.3 is 5.97 Å². The molecule has 0 saturated carbocycles. The predicted molar refractivity (Wildman–Crippen MR) is 175 cm³/mol. The Hall–Kier alpha value is -4.58. The number of thiophene rings is 1. The first-order chi connectivity index (χ1) is 21.3. The molecule has 0 saturated heterocycles. The molecule has 8 nitrogen and oxygen atoms in total. The molecule has 220 valence electrons. The van der Waals surface area contributed by atoms with Crippen LogP contribution < -0.4 is 24.9 Å². The predicted octanol–water partition coefficient (Wildman–Crippen LogP) is 5.98. The summed E-state index contributed by atoms with van der Waals surface area (Å²) in [5.74, 6) is -0.676. The van der Waals surface area contributed by atoms with E-state index in [1.54, 1.807) is 29.7 Å². The van der Waals surface area contributed by atoms with Crippen LogP contribution in [0.25, 0.3) is 6.08 Å². The number of hydrogen-bond donors (Lipinski definition) is 2. The second-order valence-electron chi connectivity index (χ2n) is 9.90. The van der Waals surface area contributed by atoms with Gasteiger partial charge in [-0.1, -0.05) is 53.8 Å². The number of nitrogens with zero attached hydrogens (tertiary/aromatic N) is 2. The van der Waals surface area contributed by atoms with Gasteiger partial charge in [0.05, 0.1) is 25.8 Å². The van der Waals surface area contributed by atoms with Crippen molar-refractivity contribution in [2.45, 2.75) is 19.6 Å². The Morgan fingerprint density at radius 3 is 2.52 bits per heavy atom. The molecule has 2 aromatic heterocycles. The van der Waals surface area contributed by atoms with Crippen LogP contribution in [0.15, 0.2) is 116 Å². The smallest absolute Gasteiger partial charge is 0.335 e. The standard InChI is InChI=1S/C33H24BrN3O5S2/c1-19-28(30(38)36-23-6-3-2-4-7-23)29(26-8-5-15-43-26)37-31(39)27(44-33(37)35-19)17-21-11-14-25(24(34)16-21)42-18-20-9-12-22(13-10-20)32(40)41/h2-17,29H,18H2,1H3,(H,36,38)(H,40,41)/b27-17+/t29-/m0/s1. The SMILES string of the molecule is CC1=C(C(=O)Nc2ccccc2)[C@H](c2cccs2)n2c(s/c(=C/c3ccc(OCc4ccc(C(=O)O)cc4)c(Br)c3)c2=O)=N1.